The minimum absolute atomic E-state index is 0.0147. The molecule has 0 heterocycles. The third-order valence-electron chi connectivity index (χ3n) is 2.97. The number of rotatable bonds is 6. The van der Waals surface area contributed by atoms with Gasteiger partial charge in [-0.25, -0.2) is 4.79 Å². The first-order chi connectivity index (χ1) is 7.72. The first-order valence-corrected chi connectivity index (χ1v) is 7.52. The van der Waals surface area contributed by atoms with Crippen LogP contribution < -0.4 is 10.6 Å². The molecule has 1 aliphatic carbocycles. The van der Waals surface area contributed by atoms with Crippen LogP contribution in [0.2, 0.25) is 0 Å². The molecule has 1 rings (SSSR count). The molecule has 16 heavy (non-hydrogen) atoms. The van der Waals surface area contributed by atoms with Crippen LogP contribution in [0.25, 0.3) is 0 Å². The molecule has 1 saturated carbocycles. The zero-order chi connectivity index (χ0) is 11.8. The van der Waals surface area contributed by atoms with Crippen LogP contribution >= 0.6 is 11.8 Å². The summed E-state index contributed by atoms with van der Waals surface area (Å²) in [4.78, 5) is 11.6. The van der Waals surface area contributed by atoms with E-state index >= 15 is 0 Å². The Labute approximate surface area is 103 Å². The lowest BCUT2D eigenvalue weighted by Crippen LogP contribution is -2.44. The van der Waals surface area contributed by atoms with Crippen LogP contribution in [0.4, 0.5) is 4.79 Å². The summed E-state index contributed by atoms with van der Waals surface area (Å²) in [6.45, 7) is 4.24. The second-order valence-electron chi connectivity index (χ2n) is 4.49. The third-order valence-corrected chi connectivity index (χ3v) is 3.90. The van der Waals surface area contributed by atoms with Gasteiger partial charge in [0.2, 0.25) is 0 Å². The molecule has 0 aliphatic heterocycles. The molecular weight excluding hydrogens is 220 g/mol. The summed E-state index contributed by atoms with van der Waals surface area (Å²) < 4.78 is 0. The number of amides is 2. The van der Waals surface area contributed by atoms with Crippen LogP contribution in [0.15, 0.2) is 0 Å². The zero-order valence-electron chi connectivity index (χ0n) is 10.4. The first-order valence-electron chi connectivity index (χ1n) is 6.37. The van der Waals surface area contributed by atoms with E-state index in [1.807, 2.05) is 11.8 Å². The van der Waals surface area contributed by atoms with Gasteiger partial charge in [-0.05, 0) is 37.7 Å². The zero-order valence-corrected chi connectivity index (χ0v) is 11.2. The van der Waals surface area contributed by atoms with Gasteiger partial charge in [0, 0.05) is 12.1 Å². The SMILES string of the molecule is CCSCCC(C)NC(=O)NC1CCCC1. The molecule has 0 saturated heterocycles. The summed E-state index contributed by atoms with van der Waals surface area (Å²) >= 11 is 1.92. The van der Waals surface area contributed by atoms with Crippen molar-refractivity contribution in [3.05, 3.63) is 0 Å². The molecule has 0 spiro atoms. The van der Waals surface area contributed by atoms with Crippen LogP contribution in [0.3, 0.4) is 0 Å². The topological polar surface area (TPSA) is 41.1 Å². The average Bonchev–Trinajstić information content (AvgIpc) is 2.70. The normalized spacial score (nSPS) is 18.4. The summed E-state index contributed by atoms with van der Waals surface area (Å²) in [5, 5.41) is 6.05. The quantitative estimate of drug-likeness (QED) is 0.705. The minimum atomic E-state index is 0.0147. The maximum atomic E-state index is 11.6. The molecule has 1 aliphatic rings. The largest absolute Gasteiger partial charge is 0.336 e. The van der Waals surface area contributed by atoms with Gasteiger partial charge in [-0.15, -0.1) is 0 Å². The first kappa shape index (κ1) is 13.7. The maximum absolute atomic E-state index is 11.6. The van der Waals surface area contributed by atoms with E-state index in [0.29, 0.717) is 6.04 Å². The molecule has 1 atom stereocenters. The van der Waals surface area contributed by atoms with Crippen molar-refractivity contribution in [2.75, 3.05) is 11.5 Å². The Hall–Kier alpha value is -0.380. The second kappa shape index (κ2) is 7.82. The monoisotopic (exact) mass is 244 g/mol. The molecule has 3 nitrogen and oxygen atoms in total. The van der Waals surface area contributed by atoms with E-state index in [0.717, 1.165) is 30.8 Å². The Morgan fingerprint density at radius 1 is 1.44 bits per heavy atom. The molecule has 0 aromatic carbocycles. The summed E-state index contributed by atoms with van der Waals surface area (Å²) in [7, 11) is 0. The van der Waals surface area contributed by atoms with Gasteiger partial charge in [-0.3, -0.25) is 0 Å². The van der Waals surface area contributed by atoms with Crippen LogP contribution in [0, 0.1) is 0 Å². The predicted molar refractivity (Wildman–Crippen MR) is 71.0 cm³/mol. The molecule has 4 heteroatoms. The smallest absolute Gasteiger partial charge is 0.315 e. The van der Waals surface area contributed by atoms with E-state index in [1.165, 1.54) is 12.8 Å². The Kier molecular flexibility index (Phi) is 6.69. The number of thioether (sulfide) groups is 1. The third kappa shape index (κ3) is 5.64. The van der Waals surface area contributed by atoms with E-state index in [4.69, 9.17) is 0 Å². The van der Waals surface area contributed by atoms with Gasteiger partial charge in [0.25, 0.3) is 0 Å². The Morgan fingerprint density at radius 3 is 2.75 bits per heavy atom. The predicted octanol–water partition coefficient (Wildman–Crippen LogP) is 2.76. The second-order valence-corrected chi connectivity index (χ2v) is 5.88. The van der Waals surface area contributed by atoms with Gasteiger partial charge in [0.05, 0.1) is 0 Å². The maximum Gasteiger partial charge on any atom is 0.315 e. The van der Waals surface area contributed by atoms with Crippen LogP contribution in [-0.2, 0) is 0 Å². The van der Waals surface area contributed by atoms with E-state index in [-0.39, 0.29) is 12.1 Å². The standard InChI is InChI=1S/C12H24N2OS/c1-3-16-9-8-10(2)13-12(15)14-11-6-4-5-7-11/h10-11H,3-9H2,1-2H3,(H2,13,14,15). The average molecular weight is 244 g/mol. The fourth-order valence-corrected chi connectivity index (χ4v) is 2.81. The number of hydrogen-bond donors (Lipinski definition) is 2. The molecule has 0 aromatic heterocycles. The van der Waals surface area contributed by atoms with Gasteiger partial charge in [0.1, 0.15) is 0 Å². The minimum Gasteiger partial charge on any atom is -0.336 e. The fraction of sp³-hybridized carbons (Fsp3) is 0.917. The Balaban J connectivity index is 2.07. The van der Waals surface area contributed by atoms with E-state index in [1.54, 1.807) is 0 Å². The lowest BCUT2D eigenvalue weighted by Gasteiger charge is -2.17. The molecule has 0 radical (unpaired) electrons. The van der Waals surface area contributed by atoms with Crippen LogP contribution in [-0.4, -0.2) is 29.6 Å². The Bertz CT molecular complexity index is 205. The highest BCUT2D eigenvalue weighted by atomic mass is 32.2. The van der Waals surface area contributed by atoms with Crippen molar-refractivity contribution in [1.29, 1.82) is 0 Å². The number of hydrogen-bond acceptors (Lipinski definition) is 2. The highest BCUT2D eigenvalue weighted by Crippen LogP contribution is 2.17. The highest BCUT2D eigenvalue weighted by Gasteiger charge is 2.17. The molecule has 2 N–H and O–H groups in total. The lowest BCUT2D eigenvalue weighted by atomic mass is 10.2. The number of carbonyl (C=O) groups excluding carboxylic acids is 1. The van der Waals surface area contributed by atoms with Gasteiger partial charge >= 0.3 is 6.03 Å². The Morgan fingerprint density at radius 2 is 2.12 bits per heavy atom. The fourth-order valence-electron chi connectivity index (χ4n) is 2.00. The van der Waals surface area contributed by atoms with Crippen molar-refractivity contribution >= 4 is 17.8 Å². The van der Waals surface area contributed by atoms with Crippen molar-refractivity contribution in [2.24, 2.45) is 0 Å². The summed E-state index contributed by atoms with van der Waals surface area (Å²) in [5.41, 5.74) is 0. The van der Waals surface area contributed by atoms with E-state index in [9.17, 15) is 4.79 Å². The lowest BCUT2D eigenvalue weighted by molar-refractivity contribution is 0.233. The number of carbonyl (C=O) groups is 1. The highest BCUT2D eigenvalue weighted by molar-refractivity contribution is 7.99. The molecule has 1 unspecified atom stereocenters. The molecule has 2 amide bonds. The summed E-state index contributed by atoms with van der Waals surface area (Å²) in [6.07, 6.45) is 5.86. The molecule has 94 valence electrons. The van der Waals surface area contributed by atoms with Crippen LogP contribution in [0.1, 0.15) is 46.0 Å². The molecule has 0 bridgehead atoms. The van der Waals surface area contributed by atoms with Gasteiger partial charge < -0.3 is 10.6 Å². The van der Waals surface area contributed by atoms with Gasteiger partial charge in [-0.2, -0.15) is 11.8 Å². The van der Waals surface area contributed by atoms with Crippen molar-refractivity contribution in [1.82, 2.24) is 10.6 Å². The van der Waals surface area contributed by atoms with Crippen molar-refractivity contribution < 1.29 is 4.79 Å². The van der Waals surface area contributed by atoms with Crippen molar-refractivity contribution in [3.63, 3.8) is 0 Å². The summed E-state index contributed by atoms with van der Waals surface area (Å²) in [6, 6.07) is 0.707. The summed E-state index contributed by atoms with van der Waals surface area (Å²) in [5.74, 6) is 2.28. The van der Waals surface area contributed by atoms with Crippen molar-refractivity contribution in [2.45, 2.75) is 58.0 Å². The molecule has 1 fully saturated rings. The van der Waals surface area contributed by atoms with Crippen molar-refractivity contribution in [3.8, 4) is 0 Å². The number of urea groups is 1. The van der Waals surface area contributed by atoms with E-state index < -0.39 is 0 Å². The number of nitrogens with one attached hydrogen (secondary N) is 2. The van der Waals surface area contributed by atoms with Crippen LogP contribution in [0.5, 0.6) is 0 Å². The van der Waals surface area contributed by atoms with E-state index in [2.05, 4.69) is 24.5 Å². The molecule has 0 aromatic rings. The molecular formula is C12H24N2OS. The van der Waals surface area contributed by atoms with Gasteiger partial charge in [0.15, 0.2) is 0 Å². The van der Waals surface area contributed by atoms with Gasteiger partial charge in [-0.1, -0.05) is 19.8 Å².